The average molecular weight is 449 g/mol. The highest BCUT2D eigenvalue weighted by atomic mass is 32.1. The fourth-order valence-corrected chi connectivity index (χ4v) is 4.55. The van der Waals surface area contributed by atoms with Gasteiger partial charge in [-0.1, -0.05) is 0 Å². The molecule has 1 fully saturated rings. The molecule has 32 heavy (non-hydrogen) atoms. The van der Waals surface area contributed by atoms with E-state index < -0.39 is 5.91 Å². The first-order valence-corrected chi connectivity index (χ1v) is 11.3. The minimum absolute atomic E-state index is 0.255. The summed E-state index contributed by atoms with van der Waals surface area (Å²) in [7, 11) is 0. The van der Waals surface area contributed by atoms with E-state index in [2.05, 4.69) is 20.9 Å². The van der Waals surface area contributed by atoms with Gasteiger partial charge in [-0.25, -0.2) is 9.97 Å². The lowest BCUT2D eigenvalue weighted by Gasteiger charge is -2.15. The summed E-state index contributed by atoms with van der Waals surface area (Å²) in [5.74, 6) is 0.314. The van der Waals surface area contributed by atoms with Crippen LogP contribution in [-0.4, -0.2) is 47.0 Å². The number of thiophene rings is 1. The average Bonchev–Trinajstić information content (AvgIpc) is 3.49. The SMILES string of the molecule is N#Cc1cc(-c2cnc(N)c(-c3ccc(C(N)=O)s3)n2)ccc1OCCCN1CCCC1. The normalized spacial score (nSPS) is 13.7. The molecular formula is C23H24N6O2S. The predicted molar refractivity (Wildman–Crippen MR) is 124 cm³/mol. The Labute approximate surface area is 190 Å². The molecule has 1 aliphatic heterocycles. The number of anilines is 1. The molecule has 0 bridgehead atoms. The maximum Gasteiger partial charge on any atom is 0.258 e. The van der Waals surface area contributed by atoms with Gasteiger partial charge >= 0.3 is 0 Å². The van der Waals surface area contributed by atoms with Gasteiger partial charge in [0.05, 0.1) is 33.8 Å². The first-order valence-electron chi connectivity index (χ1n) is 10.5. The number of primary amides is 1. The summed E-state index contributed by atoms with van der Waals surface area (Å²) in [5, 5.41) is 9.61. The lowest BCUT2D eigenvalue weighted by atomic mass is 10.1. The number of ether oxygens (including phenoxy) is 1. The molecule has 0 aliphatic carbocycles. The number of nitriles is 1. The van der Waals surface area contributed by atoms with Gasteiger partial charge in [0, 0.05) is 12.1 Å². The summed E-state index contributed by atoms with van der Waals surface area (Å²) in [6, 6.07) is 11.0. The maximum atomic E-state index is 11.4. The number of likely N-dealkylation sites (tertiary alicyclic amines) is 1. The molecule has 0 saturated carbocycles. The Balaban J connectivity index is 1.50. The molecule has 4 N–H and O–H groups in total. The number of carbonyl (C=O) groups excluding carboxylic acids is 1. The number of carbonyl (C=O) groups is 1. The van der Waals surface area contributed by atoms with Crippen LogP contribution in [0.15, 0.2) is 36.5 Å². The number of benzene rings is 1. The summed E-state index contributed by atoms with van der Waals surface area (Å²) >= 11 is 1.21. The number of hydrogen-bond acceptors (Lipinski definition) is 8. The molecule has 9 heteroatoms. The van der Waals surface area contributed by atoms with Crippen LogP contribution in [0.3, 0.4) is 0 Å². The summed E-state index contributed by atoms with van der Waals surface area (Å²) in [6.45, 7) is 3.91. The van der Waals surface area contributed by atoms with Crippen molar-refractivity contribution in [3.63, 3.8) is 0 Å². The molecule has 0 unspecified atom stereocenters. The lowest BCUT2D eigenvalue weighted by molar-refractivity contribution is 0.100. The van der Waals surface area contributed by atoms with E-state index in [0.717, 1.165) is 31.6 Å². The van der Waals surface area contributed by atoms with Crippen molar-refractivity contribution in [2.24, 2.45) is 5.73 Å². The van der Waals surface area contributed by atoms with Crippen molar-refractivity contribution in [1.29, 1.82) is 5.26 Å². The van der Waals surface area contributed by atoms with Crippen molar-refractivity contribution >= 4 is 23.1 Å². The van der Waals surface area contributed by atoms with Crippen molar-refractivity contribution < 1.29 is 9.53 Å². The second-order valence-electron chi connectivity index (χ2n) is 7.59. The number of rotatable bonds is 8. The van der Waals surface area contributed by atoms with Crippen LogP contribution in [0.5, 0.6) is 5.75 Å². The molecule has 3 heterocycles. The number of nitrogen functional groups attached to an aromatic ring is 1. The fourth-order valence-electron chi connectivity index (χ4n) is 3.70. The van der Waals surface area contributed by atoms with Crippen LogP contribution in [0.2, 0.25) is 0 Å². The third-order valence-electron chi connectivity index (χ3n) is 5.35. The molecule has 2 aromatic heterocycles. The summed E-state index contributed by atoms with van der Waals surface area (Å²) < 4.78 is 5.87. The fraction of sp³-hybridized carbons (Fsp3) is 0.304. The Kier molecular flexibility index (Phi) is 6.63. The monoisotopic (exact) mass is 448 g/mol. The number of hydrogen-bond donors (Lipinski definition) is 2. The highest BCUT2D eigenvalue weighted by molar-refractivity contribution is 7.17. The number of amides is 1. The standard InChI is InChI=1S/C23H24N6O2S/c24-13-16-12-15(4-5-18(16)31-11-3-10-29-8-1-2-9-29)17-14-27-22(25)21(28-17)19-6-7-20(32-19)23(26)30/h4-7,12,14H,1-3,8-11H2,(H2,25,27)(H2,26,30). The van der Waals surface area contributed by atoms with Crippen molar-refractivity contribution in [1.82, 2.24) is 14.9 Å². The van der Waals surface area contributed by atoms with Gasteiger partial charge in [-0.15, -0.1) is 11.3 Å². The Morgan fingerprint density at radius 2 is 2.06 bits per heavy atom. The van der Waals surface area contributed by atoms with Gasteiger partial charge in [-0.05, 0) is 62.7 Å². The zero-order chi connectivity index (χ0) is 22.5. The third-order valence-corrected chi connectivity index (χ3v) is 6.46. The van der Waals surface area contributed by atoms with Crippen molar-refractivity contribution in [2.75, 3.05) is 32.0 Å². The molecule has 3 aromatic rings. The maximum absolute atomic E-state index is 11.4. The van der Waals surface area contributed by atoms with Gasteiger partial charge < -0.3 is 21.1 Å². The molecule has 0 atom stereocenters. The van der Waals surface area contributed by atoms with Gasteiger partial charge in [0.15, 0.2) is 5.82 Å². The van der Waals surface area contributed by atoms with Crippen LogP contribution in [0.25, 0.3) is 21.8 Å². The summed E-state index contributed by atoms with van der Waals surface area (Å²) in [5.41, 5.74) is 13.6. The molecule has 8 nitrogen and oxygen atoms in total. The van der Waals surface area contributed by atoms with Crippen LogP contribution in [-0.2, 0) is 0 Å². The first kappa shape index (κ1) is 21.7. The second-order valence-corrected chi connectivity index (χ2v) is 8.67. The molecule has 0 spiro atoms. The van der Waals surface area contributed by atoms with E-state index >= 15 is 0 Å². The van der Waals surface area contributed by atoms with Crippen LogP contribution in [0, 0.1) is 11.3 Å². The van der Waals surface area contributed by atoms with E-state index in [0.29, 0.717) is 39.1 Å². The Bertz CT molecular complexity index is 1160. The van der Waals surface area contributed by atoms with Crippen molar-refractivity contribution in [2.45, 2.75) is 19.3 Å². The number of aromatic nitrogens is 2. The van der Waals surface area contributed by atoms with Crippen LogP contribution in [0.1, 0.15) is 34.5 Å². The smallest absolute Gasteiger partial charge is 0.258 e. The third kappa shape index (κ3) is 4.88. The minimum atomic E-state index is -0.501. The van der Waals surface area contributed by atoms with Gasteiger partial charge in [0.25, 0.3) is 5.91 Å². The largest absolute Gasteiger partial charge is 0.492 e. The first-order chi connectivity index (χ1) is 15.5. The highest BCUT2D eigenvalue weighted by Gasteiger charge is 2.15. The molecule has 1 aromatic carbocycles. The molecular weight excluding hydrogens is 424 g/mol. The highest BCUT2D eigenvalue weighted by Crippen LogP contribution is 2.32. The molecule has 1 amide bonds. The summed E-state index contributed by atoms with van der Waals surface area (Å²) in [6.07, 6.45) is 5.03. The van der Waals surface area contributed by atoms with E-state index in [1.54, 1.807) is 30.5 Å². The van der Waals surface area contributed by atoms with Crippen LogP contribution in [0.4, 0.5) is 5.82 Å². The van der Waals surface area contributed by atoms with Crippen LogP contribution < -0.4 is 16.2 Å². The van der Waals surface area contributed by atoms with Gasteiger partial charge in [-0.2, -0.15) is 5.26 Å². The topological polar surface area (TPSA) is 131 Å². The zero-order valence-corrected chi connectivity index (χ0v) is 18.4. The van der Waals surface area contributed by atoms with Gasteiger partial charge in [-0.3, -0.25) is 4.79 Å². The molecule has 1 aliphatic rings. The van der Waals surface area contributed by atoms with Crippen molar-refractivity contribution in [3.05, 3.63) is 47.0 Å². The number of nitrogens with zero attached hydrogens (tertiary/aromatic N) is 4. The number of nitrogens with two attached hydrogens (primary N) is 2. The van der Waals surface area contributed by atoms with E-state index in [-0.39, 0.29) is 5.82 Å². The predicted octanol–water partition coefficient (Wildman–Crippen LogP) is 3.29. The summed E-state index contributed by atoms with van der Waals surface area (Å²) in [4.78, 5) is 23.8. The van der Waals surface area contributed by atoms with E-state index in [1.165, 1.54) is 24.2 Å². The molecule has 1 saturated heterocycles. The molecule has 0 radical (unpaired) electrons. The molecule has 4 rings (SSSR count). The van der Waals surface area contributed by atoms with E-state index in [9.17, 15) is 10.1 Å². The van der Waals surface area contributed by atoms with E-state index in [4.69, 9.17) is 16.2 Å². The van der Waals surface area contributed by atoms with Gasteiger partial charge in [0.2, 0.25) is 0 Å². The van der Waals surface area contributed by atoms with E-state index in [1.807, 2.05) is 6.07 Å². The quantitative estimate of drug-likeness (QED) is 0.505. The Morgan fingerprint density at radius 3 is 2.78 bits per heavy atom. The Morgan fingerprint density at radius 1 is 1.25 bits per heavy atom. The zero-order valence-electron chi connectivity index (χ0n) is 17.6. The van der Waals surface area contributed by atoms with Crippen LogP contribution >= 0.6 is 11.3 Å². The van der Waals surface area contributed by atoms with Crippen molar-refractivity contribution in [3.8, 4) is 33.6 Å². The minimum Gasteiger partial charge on any atom is -0.492 e. The Hall–Kier alpha value is -3.48. The van der Waals surface area contributed by atoms with Gasteiger partial charge in [0.1, 0.15) is 17.5 Å². The lowest BCUT2D eigenvalue weighted by Crippen LogP contribution is -2.21. The second kappa shape index (κ2) is 9.77. The molecule has 164 valence electrons.